The van der Waals surface area contributed by atoms with E-state index < -0.39 is 11.4 Å². The van der Waals surface area contributed by atoms with E-state index in [1.807, 2.05) is 30.3 Å². The highest BCUT2D eigenvalue weighted by atomic mass is 16.4. The van der Waals surface area contributed by atoms with Gasteiger partial charge in [-0.2, -0.15) is 0 Å². The molecule has 0 saturated heterocycles. The minimum Gasteiger partial charge on any atom is -0.481 e. The molecule has 0 radical (unpaired) electrons. The highest BCUT2D eigenvalue weighted by Gasteiger charge is 2.51. The third-order valence-electron chi connectivity index (χ3n) is 3.32. The number of nitrogens with zero attached hydrogens (tertiary/aromatic N) is 1. The van der Waals surface area contributed by atoms with Crippen molar-refractivity contribution in [1.29, 1.82) is 0 Å². The number of rotatable bonds is 2. The minimum atomic E-state index is -0.720. The monoisotopic (exact) mass is 213 g/mol. The summed E-state index contributed by atoms with van der Waals surface area (Å²) in [6, 6.07) is 9.61. The molecule has 3 heteroatoms. The summed E-state index contributed by atoms with van der Waals surface area (Å²) in [6.45, 7) is 0. The highest BCUT2D eigenvalue weighted by molar-refractivity contribution is 5.87. The van der Waals surface area contributed by atoms with Gasteiger partial charge < -0.3 is 5.11 Å². The van der Waals surface area contributed by atoms with Crippen molar-refractivity contribution in [3.63, 3.8) is 0 Å². The van der Waals surface area contributed by atoms with Crippen LogP contribution in [0.25, 0.3) is 10.9 Å². The van der Waals surface area contributed by atoms with Crippen molar-refractivity contribution in [3.05, 3.63) is 42.1 Å². The van der Waals surface area contributed by atoms with Crippen LogP contribution in [0.3, 0.4) is 0 Å². The standard InChI is InChI=1S/C13H11NO2/c15-12(16)13(5-6-13)10-4-3-9-2-1-7-14-11(9)8-10/h1-4,7-8H,5-6H2,(H,15,16). The number of benzene rings is 1. The molecular formula is C13H11NO2. The zero-order valence-corrected chi connectivity index (χ0v) is 8.68. The molecule has 0 atom stereocenters. The van der Waals surface area contributed by atoms with Gasteiger partial charge in [-0.05, 0) is 30.5 Å². The molecule has 0 amide bonds. The van der Waals surface area contributed by atoms with Gasteiger partial charge in [0.05, 0.1) is 10.9 Å². The average molecular weight is 213 g/mol. The van der Waals surface area contributed by atoms with E-state index in [2.05, 4.69) is 4.98 Å². The summed E-state index contributed by atoms with van der Waals surface area (Å²) in [5, 5.41) is 10.3. The smallest absolute Gasteiger partial charge is 0.314 e. The first-order valence-electron chi connectivity index (χ1n) is 5.31. The van der Waals surface area contributed by atoms with Crippen LogP contribution in [0.4, 0.5) is 0 Å². The molecule has 1 N–H and O–H groups in total. The van der Waals surface area contributed by atoms with E-state index in [1.165, 1.54) is 0 Å². The fraction of sp³-hybridized carbons (Fsp3) is 0.231. The Morgan fingerprint density at radius 1 is 1.31 bits per heavy atom. The van der Waals surface area contributed by atoms with Crippen molar-refractivity contribution in [2.45, 2.75) is 18.3 Å². The number of pyridine rings is 1. The largest absolute Gasteiger partial charge is 0.481 e. The van der Waals surface area contributed by atoms with Crippen molar-refractivity contribution in [1.82, 2.24) is 4.98 Å². The van der Waals surface area contributed by atoms with Crippen molar-refractivity contribution in [2.24, 2.45) is 0 Å². The van der Waals surface area contributed by atoms with Crippen LogP contribution in [0.5, 0.6) is 0 Å². The number of hydrogen-bond acceptors (Lipinski definition) is 2. The molecule has 0 unspecified atom stereocenters. The maximum Gasteiger partial charge on any atom is 0.314 e. The lowest BCUT2D eigenvalue weighted by Crippen LogP contribution is -2.19. The molecule has 16 heavy (non-hydrogen) atoms. The average Bonchev–Trinajstić information content (AvgIpc) is 3.09. The van der Waals surface area contributed by atoms with E-state index in [4.69, 9.17) is 0 Å². The number of carboxylic acid groups (broad SMARTS) is 1. The van der Waals surface area contributed by atoms with Gasteiger partial charge in [-0.25, -0.2) is 0 Å². The quantitative estimate of drug-likeness (QED) is 0.833. The fourth-order valence-corrected chi connectivity index (χ4v) is 2.12. The highest BCUT2D eigenvalue weighted by Crippen LogP contribution is 2.48. The van der Waals surface area contributed by atoms with Crippen LogP contribution >= 0.6 is 0 Å². The first-order valence-corrected chi connectivity index (χ1v) is 5.31. The van der Waals surface area contributed by atoms with E-state index >= 15 is 0 Å². The summed E-state index contributed by atoms with van der Waals surface area (Å²) in [4.78, 5) is 15.4. The molecule has 1 heterocycles. The SMILES string of the molecule is O=C(O)C1(c2ccc3cccnc3c2)CC1. The van der Waals surface area contributed by atoms with Crippen molar-refractivity contribution in [2.75, 3.05) is 0 Å². The van der Waals surface area contributed by atoms with Crippen LogP contribution in [0.15, 0.2) is 36.5 Å². The first kappa shape index (κ1) is 9.33. The Kier molecular flexibility index (Phi) is 1.78. The molecule has 1 saturated carbocycles. The summed E-state index contributed by atoms with van der Waals surface area (Å²) < 4.78 is 0. The molecule has 1 aliphatic rings. The van der Waals surface area contributed by atoms with E-state index in [0.717, 1.165) is 29.3 Å². The van der Waals surface area contributed by atoms with Crippen LogP contribution in [0.1, 0.15) is 18.4 Å². The lowest BCUT2D eigenvalue weighted by Gasteiger charge is -2.10. The lowest BCUT2D eigenvalue weighted by molar-refractivity contribution is -0.140. The third kappa shape index (κ3) is 1.21. The van der Waals surface area contributed by atoms with Gasteiger partial charge in [0.1, 0.15) is 0 Å². The van der Waals surface area contributed by atoms with Crippen LogP contribution in [-0.2, 0) is 10.2 Å². The predicted octanol–water partition coefficient (Wildman–Crippen LogP) is 2.35. The molecule has 1 aromatic carbocycles. The summed E-state index contributed by atoms with van der Waals surface area (Å²) in [5.74, 6) is -0.720. The zero-order chi connectivity index (χ0) is 11.2. The van der Waals surface area contributed by atoms with Gasteiger partial charge in [-0.3, -0.25) is 9.78 Å². The lowest BCUT2D eigenvalue weighted by atomic mass is 9.95. The van der Waals surface area contributed by atoms with E-state index in [0.29, 0.717) is 0 Å². The second-order valence-corrected chi connectivity index (χ2v) is 4.30. The van der Waals surface area contributed by atoms with Crippen LogP contribution in [0.2, 0.25) is 0 Å². The van der Waals surface area contributed by atoms with Crippen molar-refractivity contribution in [3.8, 4) is 0 Å². The van der Waals surface area contributed by atoms with Gasteiger partial charge in [-0.15, -0.1) is 0 Å². The van der Waals surface area contributed by atoms with Gasteiger partial charge in [0.15, 0.2) is 0 Å². The molecule has 3 rings (SSSR count). The second-order valence-electron chi connectivity index (χ2n) is 4.30. The molecule has 2 aromatic rings. The maximum absolute atomic E-state index is 11.2. The van der Waals surface area contributed by atoms with Gasteiger partial charge in [0.2, 0.25) is 0 Å². The number of aromatic nitrogens is 1. The minimum absolute atomic E-state index is 0.633. The molecule has 0 spiro atoms. The molecule has 0 aliphatic heterocycles. The predicted molar refractivity (Wildman–Crippen MR) is 60.3 cm³/mol. The first-order chi connectivity index (χ1) is 7.72. The Morgan fingerprint density at radius 2 is 2.12 bits per heavy atom. The zero-order valence-electron chi connectivity index (χ0n) is 8.68. The molecule has 0 bridgehead atoms. The number of aliphatic carboxylic acids is 1. The maximum atomic E-state index is 11.2. The number of hydrogen-bond donors (Lipinski definition) is 1. The van der Waals surface area contributed by atoms with E-state index in [1.54, 1.807) is 6.20 Å². The van der Waals surface area contributed by atoms with E-state index in [-0.39, 0.29) is 0 Å². The topological polar surface area (TPSA) is 50.2 Å². The fourth-order valence-electron chi connectivity index (χ4n) is 2.12. The summed E-state index contributed by atoms with van der Waals surface area (Å²) in [6.07, 6.45) is 3.20. The van der Waals surface area contributed by atoms with Crippen molar-refractivity contribution >= 4 is 16.9 Å². The summed E-state index contributed by atoms with van der Waals surface area (Å²) in [7, 11) is 0. The second kappa shape index (κ2) is 3.04. The molecule has 1 aromatic heterocycles. The molecule has 1 aliphatic carbocycles. The summed E-state index contributed by atoms with van der Waals surface area (Å²) >= 11 is 0. The van der Waals surface area contributed by atoms with Crippen molar-refractivity contribution < 1.29 is 9.90 Å². The summed E-state index contributed by atoms with van der Waals surface area (Å²) in [5.41, 5.74) is 1.12. The Morgan fingerprint density at radius 3 is 2.81 bits per heavy atom. The Hall–Kier alpha value is -1.90. The molecule has 1 fully saturated rings. The van der Waals surface area contributed by atoms with Gasteiger partial charge in [0, 0.05) is 11.6 Å². The number of carboxylic acids is 1. The Bertz CT molecular complexity index is 573. The molecule has 80 valence electrons. The molecular weight excluding hydrogens is 202 g/mol. The normalized spacial score (nSPS) is 17.2. The number of carbonyl (C=O) groups is 1. The van der Waals surface area contributed by atoms with E-state index in [9.17, 15) is 9.90 Å². The van der Waals surface area contributed by atoms with Gasteiger partial charge in [-0.1, -0.05) is 18.2 Å². The molecule has 3 nitrogen and oxygen atoms in total. The van der Waals surface area contributed by atoms with Crippen LogP contribution in [0, 0.1) is 0 Å². The van der Waals surface area contributed by atoms with Crippen LogP contribution in [-0.4, -0.2) is 16.1 Å². The Labute approximate surface area is 92.7 Å². The third-order valence-corrected chi connectivity index (χ3v) is 3.32. The van der Waals surface area contributed by atoms with Gasteiger partial charge >= 0.3 is 5.97 Å². The van der Waals surface area contributed by atoms with Crippen LogP contribution < -0.4 is 0 Å². The van der Waals surface area contributed by atoms with Gasteiger partial charge in [0.25, 0.3) is 0 Å². The number of fused-ring (bicyclic) bond motifs is 1. The Balaban J connectivity index is 2.16.